The maximum atomic E-state index is 12.2. The van der Waals surface area contributed by atoms with Crippen LogP contribution in [-0.2, 0) is 9.84 Å². The summed E-state index contributed by atoms with van der Waals surface area (Å²) in [7, 11) is -3.31. The molecule has 0 radical (unpaired) electrons. The molecule has 0 heterocycles. The van der Waals surface area contributed by atoms with Gasteiger partial charge >= 0.3 is 0 Å². The van der Waals surface area contributed by atoms with Crippen LogP contribution in [0.25, 0.3) is 5.57 Å². The third-order valence-electron chi connectivity index (χ3n) is 2.65. The lowest BCUT2D eigenvalue weighted by molar-refractivity contribution is 0.599. The molecular weight excluding hydrogens is 244 g/mol. The molecule has 3 heteroatoms. The van der Waals surface area contributed by atoms with Crippen LogP contribution < -0.4 is 0 Å². The van der Waals surface area contributed by atoms with E-state index < -0.39 is 9.84 Å². The van der Waals surface area contributed by atoms with Gasteiger partial charge < -0.3 is 0 Å². The quantitative estimate of drug-likeness (QED) is 0.844. The molecule has 0 saturated carbocycles. The average Bonchev–Trinajstić information content (AvgIpc) is 2.40. The lowest BCUT2D eigenvalue weighted by Gasteiger charge is -2.07. The molecule has 0 amide bonds. The highest BCUT2D eigenvalue weighted by Gasteiger charge is 2.15. The van der Waals surface area contributed by atoms with E-state index in [2.05, 4.69) is 6.58 Å². The fourth-order valence-corrected chi connectivity index (χ4v) is 3.06. The third kappa shape index (κ3) is 2.87. The summed E-state index contributed by atoms with van der Waals surface area (Å²) in [6.45, 7) is 3.86. The molecular formula is C15H14O2S. The zero-order valence-corrected chi connectivity index (χ0v) is 10.7. The first kappa shape index (κ1) is 12.6. The van der Waals surface area contributed by atoms with Crippen molar-refractivity contribution in [2.24, 2.45) is 0 Å². The van der Waals surface area contributed by atoms with E-state index in [1.807, 2.05) is 30.3 Å². The second kappa shape index (κ2) is 5.19. The van der Waals surface area contributed by atoms with Crippen LogP contribution >= 0.6 is 0 Å². The van der Waals surface area contributed by atoms with E-state index in [0.717, 1.165) is 5.56 Å². The summed E-state index contributed by atoms with van der Waals surface area (Å²) in [6.07, 6.45) is 0. The number of rotatable bonds is 4. The lowest BCUT2D eigenvalue weighted by Crippen LogP contribution is -2.07. The molecule has 0 unspecified atom stereocenters. The molecule has 0 spiro atoms. The average molecular weight is 258 g/mol. The summed E-state index contributed by atoms with van der Waals surface area (Å²) >= 11 is 0. The fourth-order valence-electron chi connectivity index (χ4n) is 1.70. The Kier molecular flexibility index (Phi) is 3.63. The van der Waals surface area contributed by atoms with Crippen molar-refractivity contribution >= 4 is 15.4 Å². The molecule has 2 aromatic carbocycles. The van der Waals surface area contributed by atoms with Crippen molar-refractivity contribution in [1.82, 2.24) is 0 Å². The zero-order valence-electron chi connectivity index (χ0n) is 9.91. The van der Waals surface area contributed by atoms with Gasteiger partial charge in [0, 0.05) is 0 Å². The lowest BCUT2D eigenvalue weighted by atomic mass is 10.1. The van der Waals surface area contributed by atoms with Gasteiger partial charge in [0.1, 0.15) is 0 Å². The zero-order chi connectivity index (χ0) is 13.0. The first-order chi connectivity index (χ1) is 8.59. The van der Waals surface area contributed by atoms with Crippen molar-refractivity contribution in [2.45, 2.75) is 4.90 Å². The van der Waals surface area contributed by atoms with Gasteiger partial charge in [0.05, 0.1) is 10.6 Å². The Morgan fingerprint density at radius 2 is 1.39 bits per heavy atom. The summed E-state index contributed by atoms with van der Waals surface area (Å²) in [4.78, 5) is 0.335. The molecule has 2 aromatic rings. The van der Waals surface area contributed by atoms with Crippen molar-refractivity contribution in [3.8, 4) is 0 Å². The van der Waals surface area contributed by atoms with Crippen LogP contribution in [0.5, 0.6) is 0 Å². The van der Waals surface area contributed by atoms with Crippen molar-refractivity contribution in [2.75, 3.05) is 5.75 Å². The minimum atomic E-state index is -3.31. The summed E-state index contributed by atoms with van der Waals surface area (Å²) in [6, 6.07) is 17.8. The topological polar surface area (TPSA) is 34.1 Å². The van der Waals surface area contributed by atoms with Gasteiger partial charge in [-0.05, 0) is 23.3 Å². The number of sulfone groups is 1. The molecule has 2 nitrogen and oxygen atoms in total. The van der Waals surface area contributed by atoms with Gasteiger partial charge in [-0.2, -0.15) is 0 Å². The summed E-state index contributed by atoms with van der Waals surface area (Å²) in [5.41, 5.74) is 1.47. The SMILES string of the molecule is C=C(CS(=O)(=O)c1ccccc1)c1ccccc1. The summed E-state index contributed by atoms with van der Waals surface area (Å²) < 4.78 is 24.3. The van der Waals surface area contributed by atoms with E-state index in [9.17, 15) is 8.42 Å². The van der Waals surface area contributed by atoms with Crippen molar-refractivity contribution in [3.05, 3.63) is 72.8 Å². The van der Waals surface area contributed by atoms with Gasteiger partial charge in [0.25, 0.3) is 0 Å². The van der Waals surface area contributed by atoms with Gasteiger partial charge in [0.15, 0.2) is 9.84 Å². The van der Waals surface area contributed by atoms with Crippen molar-refractivity contribution in [3.63, 3.8) is 0 Å². The van der Waals surface area contributed by atoms with Gasteiger partial charge in [-0.3, -0.25) is 0 Å². The fraction of sp³-hybridized carbons (Fsp3) is 0.0667. The molecule has 0 aliphatic rings. The summed E-state index contributed by atoms with van der Waals surface area (Å²) in [5.74, 6) is -0.0545. The highest BCUT2D eigenvalue weighted by molar-refractivity contribution is 7.91. The summed E-state index contributed by atoms with van der Waals surface area (Å²) in [5, 5.41) is 0. The maximum absolute atomic E-state index is 12.2. The smallest absolute Gasteiger partial charge is 0.182 e. The van der Waals surface area contributed by atoms with Gasteiger partial charge in [0.2, 0.25) is 0 Å². The number of hydrogen-bond donors (Lipinski definition) is 0. The van der Waals surface area contributed by atoms with E-state index in [4.69, 9.17) is 0 Å². The van der Waals surface area contributed by atoms with E-state index >= 15 is 0 Å². The van der Waals surface area contributed by atoms with Crippen molar-refractivity contribution in [1.29, 1.82) is 0 Å². The first-order valence-corrected chi connectivity index (χ1v) is 7.26. The van der Waals surface area contributed by atoms with E-state index in [0.29, 0.717) is 10.5 Å². The highest BCUT2D eigenvalue weighted by atomic mass is 32.2. The third-order valence-corrected chi connectivity index (χ3v) is 4.37. The normalized spacial score (nSPS) is 11.1. The monoisotopic (exact) mass is 258 g/mol. The first-order valence-electron chi connectivity index (χ1n) is 5.60. The molecule has 0 atom stereocenters. The van der Waals surface area contributed by atoms with Crippen LogP contribution in [0, 0.1) is 0 Å². The predicted molar refractivity (Wildman–Crippen MR) is 74.0 cm³/mol. The van der Waals surface area contributed by atoms with E-state index in [-0.39, 0.29) is 5.75 Å². The van der Waals surface area contributed by atoms with Crippen LogP contribution in [0.2, 0.25) is 0 Å². The number of hydrogen-bond acceptors (Lipinski definition) is 2. The van der Waals surface area contributed by atoms with Gasteiger partial charge in [-0.25, -0.2) is 8.42 Å². The molecule has 0 saturated heterocycles. The minimum Gasteiger partial charge on any atom is -0.223 e. The second-order valence-corrected chi connectivity index (χ2v) is 6.03. The minimum absolute atomic E-state index is 0.0545. The standard InChI is InChI=1S/C15H14O2S/c1-13(14-8-4-2-5-9-14)12-18(16,17)15-10-6-3-7-11-15/h2-11H,1,12H2. The Balaban J connectivity index is 2.23. The van der Waals surface area contributed by atoms with Gasteiger partial charge in [-0.1, -0.05) is 55.1 Å². The molecule has 0 aromatic heterocycles. The Labute approximate surface area is 108 Å². The second-order valence-electron chi connectivity index (χ2n) is 4.04. The van der Waals surface area contributed by atoms with E-state index in [1.54, 1.807) is 30.3 Å². The molecule has 0 N–H and O–H groups in total. The Bertz CT molecular complexity index is 629. The molecule has 92 valence electrons. The van der Waals surface area contributed by atoms with Crippen molar-refractivity contribution < 1.29 is 8.42 Å². The molecule has 0 fully saturated rings. The number of benzene rings is 2. The molecule has 0 bridgehead atoms. The highest BCUT2D eigenvalue weighted by Crippen LogP contribution is 2.19. The maximum Gasteiger partial charge on any atom is 0.182 e. The molecule has 18 heavy (non-hydrogen) atoms. The van der Waals surface area contributed by atoms with Crippen LogP contribution in [0.3, 0.4) is 0 Å². The molecule has 0 aliphatic heterocycles. The van der Waals surface area contributed by atoms with Gasteiger partial charge in [-0.15, -0.1) is 0 Å². The van der Waals surface area contributed by atoms with Crippen LogP contribution in [0.15, 0.2) is 72.1 Å². The van der Waals surface area contributed by atoms with Crippen LogP contribution in [0.4, 0.5) is 0 Å². The Morgan fingerprint density at radius 3 is 1.94 bits per heavy atom. The van der Waals surface area contributed by atoms with Crippen LogP contribution in [0.1, 0.15) is 5.56 Å². The Hall–Kier alpha value is -1.87. The Morgan fingerprint density at radius 1 is 0.889 bits per heavy atom. The molecule has 2 rings (SSSR count). The largest absolute Gasteiger partial charge is 0.223 e. The molecule has 0 aliphatic carbocycles. The predicted octanol–water partition coefficient (Wildman–Crippen LogP) is 3.17. The van der Waals surface area contributed by atoms with E-state index in [1.165, 1.54) is 0 Å². The van der Waals surface area contributed by atoms with Crippen LogP contribution in [-0.4, -0.2) is 14.2 Å².